The van der Waals surface area contributed by atoms with Gasteiger partial charge in [0, 0.05) is 37.0 Å². The number of benzene rings is 1. The third kappa shape index (κ3) is 4.60. The average molecular weight is 311 g/mol. The van der Waals surface area contributed by atoms with E-state index in [0.29, 0.717) is 6.10 Å². The molecule has 1 fully saturated rings. The summed E-state index contributed by atoms with van der Waals surface area (Å²) in [7, 11) is 2.11. The van der Waals surface area contributed by atoms with Crippen LogP contribution in [0.25, 0.3) is 0 Å². The Bertz CT molecular complexity index is 446. The second-order valence-electron chi connectivity index (χ2n) is 5.85. The molecule has 0 aromatic heterocycles. The Hall–Kier alpha value is -0.770. The van der Waals surface area contributed by atoms with Crippen LogP contribution in [0.5, 0.6) is 0 Å². The molecule has 0 saturated carbocycles. The van der Waals surface area contributed by atoms with E-state index in [1.165, 1.54) is 12.8 Å². The van der Waals surface area contributed by atoms with Gasteiger partial charge in [0.25, 0.3) is 0 Å². The third-order valence-corrected chi connectivity index (χ3v) is 4.48. The third-order valence-electron chi connectivity index (χ3n) is 4.15. The van der Waals surface area contributed by atoms with Gasteiger partial charge in [0.2, 0.25) is 0 Å². The van der Waals surface area contributed by atoms with Crippen molar-refractivity contribution in [2.45, 2.75) is 45.3 Å². The average Bonchev–Trinajstić information content (AvgIpc) is 2.48. The summed E-state index contributed by atoms with van der Waals surface area (Å²) in [5.41, 5.74) is 2.31. The molecule has 1 saturated heterocycles. The van der Waals surface area contributed by atoms with E-state index < -0.39 is 0 Å². The minimum absolute atomic E-state index is 0.281. The molecule has 1 aromatic rings. The van der Waals surface area contributed by atoms with Gasteiger partial charge in [-0.15, -0.1) is 0 Å². The van der Waals surface area contributed by atoms with E-state index in [4.69, 9.17) is 16.3 Å². The first kappa shape index (κ1) is 16.6. The number of nitrogens with one attached hydrogen (secondary N) is 1. The molecule has 2 unspecified atom stereocenters. The molecule has 0 bridgehead atoms. The molecule has 0 radical (unpaired) electrons. The van der Waals surface area contributed by atoms with Crippen molar-refractivity contribution in [1.82, 2.24) is 5.32 Å². The number of halogens is 1. The van der Waals surface area contributed by atoms with Crippen molar-refractivity contribution < 1.29 is 4.74 Å². The topological polar surface area (TPSA) is 24.5 Å². The number of hydrogen-bond donors (Lipinski definition) is 1. The molecule has 3 nitrogen and oxygen atoms in total. The van der Waals surface area contributed by atoms with E-state index in [0.717, 1.165) is 42.4 Å². The van der Waals surface area contributed by atoms with Crippen molar-refractivity contribution in [3.8, 4) is 0 Å². The van der Waals surface area contributed by atoms with Crippen molar-refractivity contribution in [2.75, 3.05) is 31.6 Å². The Morgan fingerprint density at radius 1 is 1.43 bits per heavy atom. The van der Waals surface area contributed by atoms with Crippen LogP contribution in [-0.4, -0.2) is 32.8 Å². The number of nitrogens with zero attached hydrogens (tertiary/aromatic N) is 1. The van der Waals surface area contributed by atoms with Gasteiger partial charge in [-0.05, 0) is 50.4 Å². The highest BCUT2D eigenvalue weighted by atomic mass is 35.5. The highest BCUT2D eigenvalue weighted by molar-refractivity contribution is 6.31. The zero-order chi connectivity index (χ0) is 15.2. The van der Waals surface area contributed by atoms with E-state index in [-0.39, 0.29) is 6.04 Å². The second kappa shape index (κ2) is 8.02. The van der Waals surface area contributed by atoms with Crippen molar-refractivity contribution in [1.29, 1.82) is 0 Å². The predicted octanol–water partition coefficient (Wildman–Crippen LogP) is 4.02. The van der Waals surface area contributed by atoms with Crippen LogP contribution in [0.1, 0.15) is 44.7 Å². The molecule has 0 aliphatic carbocycles. The second-order valence-corrected chi connectivity index (χ2v) is 6.26. The van der Waals surface area contributed by atoms with Gasteiger partial charge in [-0.3, -0.25) is 0 Å². The Labute approximate surface area is 133 Å². The number of hydrogen-bond acceptors (Lipinski definition) is 3. The molecule has 2 atom stereocenters. The van der Waals surface area contributed by atoms with Crippen LogP contribution in [0.4, 0.5) is 5.69 Å². The first-order chi connectivity index (χ1) is 10.1. The molecule has 4 heteroatoms. The quantitative estimate of drug-likeness (QED) is 0.859. The van der Waals surface area contributed by atoms with Gasteiger partial charge in [-0.1, -0.05) is 24.6 Å². The first-order valence-corrected chi connectivity index (χ1v) is 8.35. The molecule has 1 heterocycles. The molecule has 0 amide bonds. The lowest BCUT2D eigenvalue weighted by molar-refractivity contribution is 0.0216. The molecule has 1 aliphatic rings. The Kier molecular flexibility index (Phi) is 6.34. The Morgan fingerprint density at radius 3 is 2.86 bits per heavy atom. The summed E-state index contributed by atoms with van der Waals surface area (Å²) in [5.74, 6) is 0. The van der Waals surface area contributed by atoms with Gasteiger partial charge in [0.05, 0.1) is 6.10 Å². The van der Waals surface area contributed by atoms with E-state index >= 15 is 0 Å². The maximum absolute atomic E-state index is 6.45. The van der Waals surface area contributed by atoms with E-state index in [1.807, 2.05) is 0 Å². The van der Waals surface area contributed by atoms with Crippen LogP contribution < -0.4 is 10.2 Å². The van der Waals surface area contributed by atoms with E-state index in [1.54, 1.807) is 0 Å². The molecule has 1 aromatic carbocycles. The van der Waals surface area contributed by atoms with Crippen molar-refractivity contribution in [3.05, 3.63) is 28.8 Å². The van der Waals surface area contributed by atoms with Gasteiger partial charge in [0.1, 0.15) is 0 Å². The smallest absolute Gasteiger partial charge is 0.0749 e. The van der Waals surface area contributed by atoms with Gasteiger partial charge < -0.3 is 15.0 Å². The van der Waals surface area contributed by atoms with Crippen LogP contribution in [0.2, 0.25) is 5.02 Å². The minimum atomic E-state index is 0.281. The fraction of sp³-hybridized carbons (Fsp3) is 0.647. The summed E-state index contributed by atoms with van der Waals surface area (Å²) < 4.78 is 5.81. The van der Waals surface area contributed by atoms with Gasteiger partial charge in [-0.25, -0.2) is 0 Å². The van der Waals surface area contributed by atoms with Crippen molar-refractivity contribution in [2.24, 2.45) is 0 Å². The molecule has 21 heavy (non-hydrogen) atoms. The molecule has 1 N–H and O–H groups in total. The Balaban J connectivity index is 2.01. The number of anilines is 1. The molecule has 118 valence electrons. The van der Waals surface area contributed by atoms with Crippen molar-refractivity contribution in [3.63, 3.8) is 0 Å². The summed E-state index contributed by atoms with van der Waals surface area (Å²) in [5, 5.41) is 4.23. The highest BCUT2D eigenvalue weighted by Gasteiger charge is 2.17. The highest BCUT2D eigenvalue weighted by Crippen LogP contribution is 2.28. The van der Waals surface area contributed by atoms with Crippen LogP contribution in [-0.2, 0) is 4.74 Å². The molecule has 2 rings (SSSR count). The van der Waals surface area contributed by atoms with Crippen LogP contribution >= 0.6 is 11.6 Å². The minimum Gasteiger partial charge on any atom is -0.376 e. The van der Waals surface area contributed by atoms with Crippen LogP contribution in [0.3, 0.4) is 0 Å². The zero-order valence-corrected chi connectivity index (χ0v) is 14.1. The maximum atomic E-state index is 6.45. The lowest BCUT2D eigenvalue weighted by Crippen LogP contribution is -2.33. The fourth-order valence-electron chi connectivity index (χ4n) is 2.88. The summed E-state index contributed by atoms with van der Waals surface area (Å²) in [6, 6.07) is 6.62. The molecule has 0 spiro atoms. The summed E-state index contributed by atoms with van der Waals surface area (Å²) in [6.45, 7) is 7.02. The predicted molar refractivity (Wildman–Crippen MR) is 90.4 cm³/mol. The Morgan fingerprint density at radius 2 is 2.24 bits per heavy atom. The standard InChI is InChI=1S/C17H27ClN2O/c1-4-19-13(2)16-9-8-14(11-17(16)18)20(3)12-15-7-5-6-10-21-15/h8-9,11,13,15,19H,4-7,10,12H2,1-3H3. The molecular formula is C17H27ClN2O. The lowest BCUT2D eigenvalue weighted by Gasteiger charge is -2.29. The molecular weight excluding hydrogens is 284 g/mol. The van der Waals surface area contributed by atoms with E-state index in [2.05, 4.69) is 49.3 Å². The van der Waals surface area contributed by atoms with Crippen molar-refractivity contribution >= 4 is 17.3 Å². The van der Waals surface area contributed by atoms with Crippen LogP contribution in [0, 0.1) is 0 Å². The van der Waals surface area contributed by atoms with Gasteiger partial charge >= 0.3 is 0 Å². The largest absolute Gasteiger partial charge is 0.376 e. The summed E-state index contributed by atoms with van der Waals surface area (Å²) >= 11 is 6.45. The number of rotatable bonds is 6. The first-order valence-electron chi connectivity index (χ1n) is 7.97. The number of ether oxygens (including phenoxy) is 1. The number of likely N-dealkylation sites (N-methyl/N-ethyl adjacent to an activating group) is 1. The fourth-order valence-corrected chi connectivity index (χ4v) is 3.22. The van der Waals surface area contributed by atoms with Crippen LogP contribution in [0.15, 0.2) is 18.2 Å². The molecule has 1 aliphatic heterocycles. The lowest BCUT2D eigenvalue weighted by atomic mass is 10.1. The normalized spacial score (nSPS) is 20.3. The van der Waals surface area contributed by atoms with Gasteiger partial charge in [0.15, 0.2) is 0 Å². The SMILES string of the molecule is CCNC(C)c1ccc(N(C)CC2CCCCO2)cc1Cl. The van der Waals surface area contributed by atoms with Gasteiger partial charge in [-0.2, -0.15) is 0 Å². The summed E-state index contributed by atoms with van der Waals surface area (Å²) in [4.78, 5) is 2.24. The van der Waals surface area contributed by atoms with E-state index in [9.17, 15) is 0 Å². The zero-order valence-electron chi connectivity index (χ0n) is 13.4. The summed E-state index contributed by atoms with van der Waals surface area (Å²) in [6.07, 6.45) is 3.98. The maximum Gasteiger partial charge on any atom is 0.0749 e. The monoisotopic (exact) mass is 310 g/mol.